The Balaban J connectivity index is 1.11. The van der Waals surface area contributed by atoms with Crippen molar-refractivity contribution in [2.75, 3.05) is 44.6 Å². The third-order valence-electron chi connectivity index (χ3n) is 6.29. The molecule has 0 saturated carbocycles. The standard InChI is InChI=1S/C26H33N3O3/c30-25-13-11-21-20-22(10-12-24(21)27-25)26(31)29-17-15-28(16-18-29)14-6-1-2-7-19-32-23-8-4-3-5-9-23/h3-5,8-10,12,20H,1-2,6-7,11,13-19H2,(H,27,30). The van der Waals surface area contributed by atoms with Crippen LogP contribution < -0.4 is 10.1 Å². The number of unbranched alkanes of at least 4 members (excludes halogenated alkanes) is 3. The second-order valence-corrected chi connectivity index (χ2v) is 8.63. The number of hydrogen-bond acceptors (Lipinski definition) is 4. The molecule has 2 heterocycles. The molecule has 0 aliphatic carbocycles. The van der Waals surface area contributed by atoms with Crippen molar-refractivity contribution >= 4 is 17.5 Å². The zero-order valence-corrected chi connectivity index (χ0v) is 18.7. The van der Waals surface area contributed by atoms with Crippen molar-refractivity contribution in [3.05, 3.63) is 59.7 Å². The molecule has 1 fully saturated rings. The molecular formula is C26H33N3O3. The lowest BCUT2D eigenvalue weighted by atomic mass is 10.00. The van der Waals surface area contributed by atoms with Gasteiger partial charge in [-0.25, -0.2) is 0 Å². The van der Waals surface area contributed by atoms with Gasteiger partial charge in [0.25, 0.3) is 5.91 Å². The number of amides is 2. The monoisotopic (exact) mass is 435 g/mol. The van der Waals surface area contributed by atoms with Gasteiger partial charge in [-0.3, -0.25) is 14.5 Å². The molecule has 170 valence electrons. The average Bonchev–Trinajstić information content (AvgIpc) is 2.83. The van der Waals surface area contributed by atoms with E-state index in [1.165, 1.54) is 19.3 Å². The van der Waals surface area contributed by atoms with Crippen LogP contribution in [-0.4, -0.2) is 60.9 Å². The molecule has 0 unspecified atom stereocenters. The Kier molecular flexibility index (Phi) is 7.77. The number of carbonyl (C=O) groups is 2. The molecule has 32 heavy (non-hydrogen) atoms. The number of hydrogen-bond donors (Lipinski definition) is 1. The van der Waals surface area contributed by atoms with E-state index in [4.69, 9.17) is 4.74 Å². The first-order chi connectivity index (χ1) is 15.7. The summed E-state index contributed by atoms with van der Waals surface area (Å²) in [5, 5.41) is 2.88. The van der Waals surface area contributed by atoms with Crippen molar-refractivity contribution < 1.29 is 14.3 Å². The van der Waals surface area contributed by atoms with Gasteiger partial charge in [0.15, 0.2) is 0 Å². The van der Waals surface area contributed by atoms with Gasteiger partial charge in [0, 0.05) is 43.9 Å². The lowest BCUT2D eigenvalue weighted by molar-refractivity contribution is -0.116. The maximum atomic E-state index is 12.9. The predicted molar refractivity (Wildman–Crippen MR) is 126 cm³/mol. The number of anilines is 1. The highest BCUT2D eigenvalue weighted by molar-refractivity contribution is 5.98. The Morgan fingerprint density at radius 3 is 2.50 bits per heavy atom. The van der Waals surface area contributed by atoms with Crippen LogP contribution in [-0.2, 0) is 11.2 Å². The van der Waals surface area contributed by atoms with Gasteiger partial charge in [0.05, 0.1) is 6.61 Å². The molecule has 0 radical (unpaired) electrons. The molecule has 2 amide bonds. The first kappa shape index (κ1) is 22.3. The summed E-state index contributed by atoms with van der Waals surface area (Å²) >= 11 is 0. The number of para-hydroxylation sites is 1. The molecule has 2 aromatic carbocycles. The van der Waals surface area contributed by atoms with E-state index in [9.17, 15) is 9.59 Å². The summed E-state index contributed by atoms with van der Waals surface area (Å²) in [6.07, 6.45) is 5.86. The fraction of sp³-hybridized carbons (Fsp3) is 0.462. The molecule has 0 atom stereocenters. The van der Waals surface area contributed by atoms with E-state index in [-0.39, 0.29) is 11.8 Å². The van der Waals surface area contributed by atoms with E-state index in [0.29, 0.717) is 12.8 Å². The van der Waals surface area contributed by atoms with Crippen molar-refractivity contribution in [1.82, 2.24) is 9.80 Å². The molecule has 6 nitrogen and oxygen atoms in total. The molecule has 6 heteroatoms. The van der Waals surface area contributed by atoms with Gasteiger partial charge in [-0.15, -0.1) is 0 Å². The lowest BCUT2D eigenvalue weighted by Crippen LogP contribution is -2.48. The fourth-order valence-corrected chi connectivity index (χ4v) is 4.37. The summed E-state index contributed by atoms with van der Waals surface area (Å²) in [6, 6.07) is 15.6. The van der Waals surface area contributed by atoms with E-state index in [1.807, 2.05) is 53.4 Å². The summed E-state index contributed by atoms with van der Waals surface area (Å²) in [6.45, 7) is 5.29. The number of aryl methyl sites for hydroxylation is 1. The molecule has 2 aliphatic rings. The van der Waals surface area contributed by atoms with Crippen LogP contribution in [0.5, 0.6) is 5.75 Å². The third kappa shape index (κ3) is 6.10. The zero-order chi connectivity index (χ0) is 22.2. The SMILES string of the molecule is O=C1CCc2cc(C(=O)N3CCN(CCCCCCOc4ccccc4)CC3)ccc2N1. The van der Waals surface area contributed by atoms with Crippen LogP contribution in [0.2, 0.25) is 0 Å². The summed E-state index contributed by atoms with van der Waals surface area (Å²) in [5.41, 5.74) is 2.63. The maximum Gasteiger partial charge on any atom is 0.253 e. The molecule has 0 bridgehead atoms. The molecule has 0 spiro atoms. The van der Waals surface area contributed by atoms with Gasteiger partial charge in [-0.1, -0.05) is 31.0 Å². The predicted octanol–water partition coefficient (Wildman–Crippen LogP) is 3.97. The highest BCUT2D eigenvalue weighted by Gasteiger charge is 2.23. The number of nitrogens with one attached hydrogen (secondary N) is 1. The van der Waals surface area contributed by atoms with Crippen molar-refractivity contribution in [2.45, 2.75) is 38.5 Å². The van der Waals surface area contributed by atoms with Gasteiger partial charge in [0.1, 0.15) is 5.75 Å². The van der Waals surface area contributed by atoms with Crippen LogP contribution in [0.25, 0.3) is 0 Å². The topological polar surface area (TPSA) is 61.9 Å². The maximum absolute atomic E-state index is 12.9. The molecule has 1 saturated heterocycles. The Hall–Kier alpha value is -2.86. The Bertz CT molecular complexity index is 908. The molecular weight excluding hydrogens is 402 g/mol. The van der Waals surface area contributed by atoms with E-state index in [1.54, 1.807) is 0 Å². The first-order valence-electron chi connectivity index (χ1n) is 11.8. The smallest absolute Gasteiger partial charge is 0.253 e. The van der Waals surface area contributed by atoms with Crippen molar-refractivity contribution in [3.8, 4) is 5.75 Å². The van der Waals surface area contributed by atoms with E-state index >= 15 is 0 Å². The number of rotatable bonds is 9. The normalized spacial score (nSPS) is 16.4. The van der Waals surface area contributed by atoms with E-state index in [2.05, 4.69) is 10.2 Å². The highest BCUT2D eigenvalue weighted by Crippen LogP contribution is 2.24. The number of fused-ring (bicyclic) bond motifs is 1. The molecule has 0 aromatic heterocycles. The number of nitrogens with zero attached hydrogens (tertiary/aromatic N) is 2. The van der Waals surface area contributed by atoms with Gasteiger partial charge in [-0.05, 0) is 61.7 Å². The van der Waals surface area contributed by atoms with Crippen LogP contribution in [0.1, 0.15) is 48.0 Å². The van der Waals surface area contributed by atoms with Crippen LogP contribution in [0.15, 0.2) is 48.5 Å². The second-order valence-electron chi connectivity index (χ2n) is 8.63. The fourth-order valence-electron chi connectivity index (χ4n) is 4.37. The quantitative estimate of drug-likeness (QED) is 0.606. The molecule has 2 aromatic rings. The third-order valence-corrected chi connectivity index (χ3v) is 6.29. The van der Waals surface area contributed by atoms with E-state index in [0.717, 1.165) is 68.3 Å². The minimum atomic E-state index is 0.0493. The number of carbonyl (C=O) groups excluding carboxylic acids is 2. The zero-order valence-electron chi connectivity index (χ0n) is 18.7. The number of benzene rings is 2. The summed E-state index contributed by atoms with van der Waals surface area (Å²) in [4.78, 5) is 28.9. The average molecular weight is 436 g/mol. The van der Waals surface area contributed by atoms with Crippen LogP contribution >= 0.6 is 0 Å². The minimum absolute atomic E-state index is 0.0493. The van der Waals surface area contributed by atoms with E-state index < -0.39 is 0 Å². The van der Waals surface area contributed by atoms with Gasteiger partial charge in [-0.2, -0.15) is 0 Å². The van der Waals surface area contributed by atoms with Gasteiger partial charge in [0.2, 0.25) is 5.91 Å². The van der Waals surface area contributed by atoms with Gasteiger partial charge >= 0.3 is 0 Å². The van der Waals surface area contributed by atoms with Crippen molar-refractivity contribution in [2.24, 2.45) is 0 Å². The number of ether oxygens (including phenoxy) is 1. The Labute approximate surface area is 190 Å². The van der Waals surface area contributed by atoms with Crippen LogP contribution in [0, 0.1) is 0 Å². The molecule has 4 rings (SSSR count). The summed E-state index contributed by atoms with van der Waals surface area (Å²) in [7, 11) is 0. The van der Waals surface area contributed by atoms with Crippen LogP contribution in [0.4, 0.5) is 5.69 Å². The Morgan fingerprint density at radius 2 is 1.69 bits per heavy atom. The Morgan fingerprint density at radius 1 is 0.906 bits per heavy atom. The summed E-state index contributed by atoms with van der Waals surface area (Å²) < 4.78 is 5.74. The van der Waals surface area contributed by atoms with Crippen molar-refractivity contribution in [1.29, 1.82) is 0 Å². The van der Waals surface area contributed by atoms with Crippen LogP contribution in [0.3, 0.4) is 0 Å². The lowest BCUT2D eigenvalue weighted by Gasteiger charge is -2.35. The number of piperazine rings is 1. The second kappa shape index (κ2) is 11.1. The van der Waals surface area contributed by atoms with Crippen molar-refractivity contribution in [3.63, 3.8) is 0 Å². The largest absolute Gasteiger partial charge is 0.494 e. The highest BCUT2D eigenvalue weighted by atomic mass is 16.5. The molecule has 1 N–H and O–H groups in total. The first-order valence-corrected chi connectivity index (χ1v) is 11.8. The van der Waals surface area contributed by atoms with Gasteiger partial charge < -0.3 is 15.0 Å². The summed E-state index contributed by atoms with van der Waals surface area (Å²) in [5.74, 6) is 1.10. The molecule has 2 aliphatic heterocycles. The minimum Gasteiger partial charge on any atom is -0.494 e.